The lowest BCUT2D eigenvalue weighted by atomic mass is 9.76. The molecular weight excluding hydrogens is 342 g/mol. The Morgan fingerprint density at radius 3 is 2.59 bits per heavy atom. The highest BCUT2D eigenvalue weighted by atomic mass is 16.5. The average Bonchev–Trinajstić information content (AvgIpc) is 3.17. The van der Waals surface area contributed by atoms with E-state index in [9.17, 15) is 9.59 Å². The number of anilines is 1. The van der Waals surface area contributed by atoms with E-state index in [0.717, 1.165) is 23.2 Å². The number of hydrogen-bond donors (Lipinski definition) is 2. The molecule has 1 heterocycles. The van der Waals surface area contributed by atoms with Gasteiger partial charge in [0.2, 0.25) is 0 Å². The zero-order valence-corrected chi connectivity index (χ0v) is 15.0. The van der Waals surface area contributed by atoms with Crippen LogP contribution < -0.4 is 5.32 Å². The number of carboxylic acids is 1. The maximum atomic E-state index is 12.1. The summed E-state index contributed by atoms with van der Waals surface area (Å²) in [5, 5.41) is 12.7. The third kappa shape index (κ3) is 3.10. The Labute approximate surface area is 157 Å². The van der Waals surface area contributed by atoms with Crippen LogP contribution in [0.2, 0.25) is 0 Å². The Morgan fingerprint density at radius 1 is 1.15 bits per heavy atom. The first kappa shape index (κ1) is 17.3. The molecule has 1 aliphatic carbocycles. The van der Waals surface area contributed by atoms with Gasteiger partial charge in [-0.25, -0.2) is 9.59 Å². The maximum Gasteiger partial charge on any atom is 0.338 e. The number of rotatable bonds is 4. The number of benzene rings is 2. The molecule has 0 saturated heterocycles. The van der Waals surface area contributed by atoms with Gasteiger partial charge >= 0.3 is 11.9 Å². The number of carbonyl (C=O) groups is 2. The number of aromatic carboxylic acids is 1. The SMILES string of the molecule is CCOC(=O)c1ccc2c(c1)[C@H]1C=CC[C@H]1[C@@H](c1ccc(C(=O)O)cc1)N2. The van der Waals surface area contributed by atoms with Crippen molar-refractivity contribution in [3.63, 3.8) is 0 Å². The van der Waals surface area contributed by atoms with Gasteiger partial charge in [-0.2, -0.15) is 0 Å². The Kier molecular flexibility index (Phi) is 4.44. The Bertz CT molecular complexity index is 916. The molecule has 27 heavy (non-hydrogen) atoms. The standard InChI is InChI=1S/C22H21NO4/c1-2-27-22(26)15-10-11-19-18(12-15)16-4-3-5-17(16)20(23-19)13-6-8-14(9-7-13)21(24)25/h3-4,6-12,16-17,20,23H,2,5H2,1H3,(H,24,25)/t16-,17+,20+/m0/s1. The van der Waals surface area contributed by atoms with Gasteiger partial charge in [0.05, 0.1) is 23.8 Å². The van der Waals surface area contributed by atoms with Gasteiger partial charge in [-0.1, -0.05) is 24.3 Å². The van der Waals surface area contributed by atoms with Crippen molar-refractivity contribution in [1.29, 1.82) is 0 Å². The first-order valence-corrected chi connectivity index (χ1v) is 9.16. The Morgan fingerprint density at radius 2 is 1.89 bits per heavy atom. The molecule has 2 N–H and O–H groups in total. The summed E-state index contributed by atoms with van der Waals surface area (Å²) in [6.45, 7) is 2.16. The van der Waals surface area contributed by atoms with E-state index in [0.29, 0.717) is 18.1 Å². The van der Waals surface area contributed by atoms with E-state index < -0.39 is 5.97 Å². The Hall–Kier alpha value is -3.08. The van der Waals surface area contributed by atoms with Crippen LogP contribution >= 0.6 is 0 Å². The number of carboxylic acid groups (broad SMARTS) is 1. The highest BCUT2D eigenvalue weighted by molar-refractivity contribution is 5.90. The van der Waals surface area contributed by atoms with Crippen LogP contribution in [0, 0.1) is 5.92 Å². The smallest absolute Gasteiger partial charge is 0.338 e. The van der Waals surface area contributed by atoms with Crippen molar-refractivity contribution in [3.05, 3.63) is 76.9 Å². The second-order valence-corrected chi connectivity index (χ2v) is 6.93. The number of ether oxygens (including phenoxy) is 1. The predicted molar refractivity (Wildman–Crippen MR) is 102 cm³/mol. The minimum atomic E-state index is -0.921. The van der Waals surface area contributed by atoms with Gasteiger partial charge in [-0.15, -0.1) is 0 Å². The van der Waals surface area contributed by atoms with Gasteiger partial charge in [0, 0.05) is 11.6 Å². The number of nitrogens with one attached hydrogen (secondary N) is 1. The monoisotopic (exact) mass is 363 g/mol. The van der Waals surface area contributed by atoms with Gasteiger partial charge in [0.1, 0.15) is 0 Å². The maximum absolute atomic E-state index is 12.1. The zero-order valence-electron chi connectivity index (χ0n) is 15.0. The lowest BCUT2D eigenvalue weighted by Crippen LogP contribution is -2.29. The first-order chi connectivity index (χ1) is 13.1. The van der Waals surface area contributed by atoms with Gasteiger partial charge in [-0.05, 0) is 60.7 Å². The summed E-state index contributed by atoms with van der Waals surface area (Å²) in [6.07, 6.45) is 5.33. The van der Waals surface area contributed by atoms with E-state index in [1.807, 2.05) is 24.3 Å². The normalized spacial score (nSPS) is 22.5. The largest absolute Gasteiger partial charge is 0.478 e. The molecule has 0 aromatic heterocycles. The molecule has 2 aromatic carbocycles. The molecule has 0 saturated carbocycles. The van der Waals surface area contributed by atoms with E-state index in [4.69, 9.17) is 9.84 Å². The van der Waals surface area contributed by atoms with Crippen LogP contribution in [0.5, 0.6) is 0 Å². The van der Waals surface area contributed by atoms with Gasteiger partial charge in [-0.3, -0.25) is 0 Å². The molecule has 5 heteroatoms. The lowest BCUT2D eigenvalue weighted by Gasteiger charge is -2.37. The second-order valence-electron chi connectivity index (χ2n) is 6.93. The molecule has 0 fully saturated rings. The fourth-order valence-electron chi connectivity index (χ4n) is 4.10. The number of fused-ring (bicyclic) bond motifs is 3. The topological polar surface area (TPSA) is 75.6 Å². The number of esters is 1. The summed E-state index contributed by atoms with van der Waals surface area (Å²) in [7, 11) is 0. The number of carbonyl (C=O) groups excluding carboxylic acids is 1. The summed E-state index contributed by atoms with van der Waals surface area (Å²) in [5.41, 5.74) is 4.04. The third-order valence-electron chi connectivity index (χ3n) is 5.39. The van der Waals surface area contributed by atoms with Gasteiger partial charge in [0.25, 0.3) is 0 Å². The van der Waals surface area contributed by atoms with Gasteiger partial charge in [0.15, 0.2) is 0 Å². The molecule has 4 rings (SSSR count). The molecule has 2 aromatic rings. The van der Waals surface area contributed by atoms with Crippen molar-refractivity contribution in [2.75, 3.05) is 11.9 Å². The van der Waals surface area contributed by atoms with E-state index in [-0.39, 0.29) is 23.5 Å². The molecule has 0 unspecified atom stereocenters. The lowest BCUT2D eigenvalue weighted by molar-refractivity contribution is 0.0525. The average molecular weight is 363 g/mol. The fourth-order valence-corrected chi connectivity index (χ4v) is 4.10. The molecular formula is C22H21NO4. The van der Waals surface area contributed by atoms with Crippen LogP contribution in [0.1, 0.15) is 57.1 Å². The number of allylic oxidation sites excluding steroid dienone is 2. The van der Waals surface area contributed by atoms with E-state index >= 15 is 0 Å². The molecule has 0 amide bonds. The molecule has 1 aliphatic heterocycles. The van der Waals surface area contributed by atoms with Crippen LogP contribution in [-0.4, -0.2) is 23.7 Å². The van der Waals surface area contributed by atoms with Crippen LogP contribution in [0.15, 0.2) is 54.6 Å². The van der Waals surface area contributed by atoms with E-state index in [1.54, 1.807) is 25.1 Å². The molecule has 3 atom stereocenters. The van der Waals surface area contributed by atoms with Crippen LogP contribution in [0.3, 0.4) is 0 Å². The van der Waals surface area contributed by atoms with E-state index in [1.165, 1.54) is 0 Å². The molecule has 2 aliphatic rings. The third-order valence-corrected chi connectivity index (χ3v) is 5.39. The van der Waals surface area contributed by atoms with E-state index in [2.05, 4.69) is 17.5 Å². The molecule has 0 bridgehead atoms. The van der Waals surface area contributed by atoms with Crippen molar-refractivity contribution in [3.8, 4) is 0 Å². The summed E-state index contributed by atoms with van der Waals surface area (Å²) < 4.78 is 5.13. The highest BCUT2D eigenvalue weighted by Gasteiger charge is 2.38. The summed E-state index contributed by atoms with van der Waals surface area (Å²) >= 11 is 0. The van der Waals surface area contributed by atoms with Gasteiger partial charge < -0.3 is 15.2 Å². The molecule has 138 valence electrons. The van der Waals surface area contributed by atoms with Crippen molar-refractivity contribution < 1.29 is 19.4 Å². The van der Waals surface area contributed by atoms with Crippen LogP contribution in [0.25, 0.3) is 0 Å². The molecule has 5 nitrogen and oxygen atoms in total. The quantitative estimate of drug-likeness (QED) is 0.622. The first-order valence-electron chi connectivity index (χ1n) is 9.16. The van der Waals surface area contributed by atoms with Crippen LogP contribution in [-0.2, 0) is 4.74 Å². The van der Waals surface area contributed by atoms with Crippen molar-refractivity contribution in [1.82, 2.24) is 0 Å². The van der Waals surface area contributed by atoms with Crippen LogP contribution in [0.4, 0.5) is 5.69 Å². The molecule has 0 spiro atoms. The summed E-state index contributed by atoms with van der Waals surface area (Å²) in [6, 6.07) is 12.8. The predicted octanol–water partition coefficient (Wildman–Crippen LogP) is 4.39. The van der Waals surface area contributed by atoms with Crippen molar-refractivity contribution in [2.24, 2.45) is 5.92 Å². The number of hydrogen-bond acceptors (Lipinski definition) is 4. The summed E-state index contributed by atoms with van der Waals surface area (Å²) in [4.78, 5) is 23.2. The van der Waals surface area contributed by atoms with Crippen molar-refractivity contribution >= 4 is 17.6 Å². The second kappa shape index (κ2) is 6.91. The fraction of sp³-hybridized carbons (Fsp3) is 0.273. The highest BCUT2D eigenvalue weighted by Crippen LogP contribution is 2.49. The molecule has 0 radical (unpaired) electrons. The Balaban J connectivity index is 1.68. The summed E-state index contributed by atoms with van der Waals surface area (Å²) in [5.74, 6) is -0.675. The zero-order chi connectivity index (χ0) is 19.0. The minimum absolute atomic E-state index is 0.0915. The van der Waals surface area contributed by atoms with Crippen molar-refractivity contribution in [2.45, 2.75) is 25.3 Å². The minimum Gasteiger partial charge on any atom is -0.478 e.